The summed E-state index contributed by atoms with van der Waals surface area (Å²) in [5.41, 5.74) is 1.27. The first-order chi connectivity index (χ1) is 13.0. The van der Waals surface area contributed by atoms with Crippen LogP contribution in [0.4, 0.5) is 5.69 Å². The lowest BCUT2D eigenvalue weighted by Crippen LogP contribution is -2.26. The fourth-order valence-electron chi connectivity index (χ4n) is 2.89. The average molecular weight is 400 g/mol. The van der Waals surface area contributed by atoms with Crippen molar-refractivity contribution in [3.05, 3.63) is 63.9 Å². The molecule has 1 fully saturated rings. The van der Waals surface area contributed by atoms with Crippen LogP contribution in [-0.4, -0.2) is 20.7 Å². The summed E-state index contributed by atoms with van der Waals surface area (Å²) in [6.07, 6.45) is 1.94. The van der Waals surface area contributed by atoms with E-state index >= 15 is 0 Å². The number of hydrogen-bond donors (Lipinski definition) is 1. The highest BCUT2D eigenvalue weighted by Gasteiger charge is 2.30. The van der Waals surface area contributed by atoms with Crippen molar-refractivity contribution in [2.24, 2.45) is 0 Å². The maximum atomic E-state index is 12.9. The van der Waals surface area contributed by atoms with Crippen LogP contribution >= 0.6 is 23.4 Å². The lowest BCUT2D eigenvalue weighted by Gasteiger charge is -2.16. The summed E-state index contributed by atoms with van der Waals surface area (Å²) in [6.45, 7) is 1.81. The number of nitrogens with zero attached hydrogens (tertiary/aromatic N) is 2. The van der Waals surface area contributed by atoms with Crippen LogP contribution < -0.4 is 10.9 Å². The second-order valence-electron chi connectivity index (χ2n) is 6.58. The molecule has 1 amide bonds. The van der Waals surface area contributed by atoms with Gasteiger partial charge in [-0.2, -0.15) is 0 Å². The minimum absolute atomic E-state index is 0.0342. The number of anilines is 1. The largest absolute Gasteiger partial charge is 0.325 e. The van der Waals surface area contributed by atoms with Crippen molar-refractivity contribution < 1.29 is 4.79 Å². The molecule has 4 rings (SSSR count). The fraction of sp³-hybridized carbons (Fsp3) is 0.250. The van der Waals surface area contributed by atoms with Gasteiger partial charge in [-0.15, -0.1) is 0 Å². The summed E-state index contributed by atoms with van der Waals surface area (Å²) < 4.78 is 1.75. The van der Waals surface area contributed by atoms with Gasteiger partial charge in [-0.05, 0) is 50.1 Å². The summed E-state index contributed by atoms with van der Waals surface area (Å²) in [5, 5.41) is 4.21. The molecule has 0 spiro atoms. The van der Waals surface area contributed by atoms with Gasteiger partial charge in [-0.3, -0.25) is 14.2 Å². The van der Waals surface area contributed by atoms with Gasteiger partial charge in [-0.25, -0.2) is 4.98 Å². The second kappa shape index (κ2) is 7.37. The van der Waals surface area contributed by atoms with Gasteiger partial charge in [-0.1, -0.05) is 41.6 Å². The molecule has 1 saturated carbocycles. The number of aromatic nitrogens is 2. The van der Waals surface area contributed by atoms with E-state index in [0.717, 1.165) is 12.8 Å². The number of nitrogens with one attached hydrogen (secondary N) is 1. The van der Waals surface area contributed by atoms with Crippen LogP contribution in [0.3, 0.4) is 0 Å². The van der Waals surface area contributed by atoms with Gasteiger partial charge in [0.05, 0.1) is 16.2 Å². The first-order valence-electron chi connectivity index (χ1n) is 8.77. The van der Waals surface area contributed by atoms with Gasteiger partial charge in [0.2, 0.25) is 5.91 Å². The van der Waals surface area contributed by atoms with E-state index < -0.39 is 5.25 Å². The Kier molecular flexibility index (Phi) is 4.93. The van der Waals surface area contributed by atoms with Crippen LogP contribution in [0.2, 0.25) is 5.02 Å². The molecule has 7 heteroatoms. The molecule has 1 aliphatic carbocycles. The number of rotatable bonds is 5. The van der Waals surface area contributed by atoms with E-state index in [1.807, 2.05) is 25.1 Å². The topological polar surface area (TPSA) is 64.0 Å². The molecule has 0 aliphatic heterocycles. The lowest BCUT2D eigenvalue weighted by molar-refractivity contribution is -0.115. The zero-order chi connectivity index (χ0) is 19.0. The Balaban J connectivity index is 1.61. The predicted molar refractivity (Wildman–Crippen MR) is 110 cm³/mol. The van der Waals surface area contributed by atoms with Gasteiger partial charge in [0.25, 0.3) is 5.56 Å². The summed E-state index contributed by atoms with van der Waals surface area (Å²) in [4.78, 5) is 30.2. The Labute approximate surface area is 165 Å². The third kappa shape index (κ3) is 3.87. The van der Waals surface area contributed by atoms with Crippen LogP contribution in [0.1, 0.15) is 25.8 Å². The number of fused-ring (bicyclic) bond motifs is 1. The summed E-state index contributed by atoms with van der Waals surface area (Å²) in [5.74, 6) is -0.160. The molecular formula is C20H18ClN3O2S. The number of halogens is 1. The summed E-state index contributed by atoms with van der Waals surface area (Å²) in [7, 11) is 0. The smallest absolute Gasteiger partial charge is 0.262 e. The maximum absolute atomic E-state index is 12.9. The summed E-state index contributed by atoms with van der Waals surface area (Å²) >= 11 is 7.27. The normalized spacial score (nSPS) is 14.9. The highest BCUT2D eigenvalue weighted by molar-refractivity contribution is 8.00. The monoisotopic (exact) mass is 399 g/mol. The first-order valence-corrected chi connectivity index (χ1v) is 10.0. The van der Waals surface area contributed by atoms with Crippen molar-refractivity contribution in [1.29, 1.82) is 0 Å². The van der Waals surface area contributed by atoms with E-state index in [4.69, 9.17) is 11.6 Å². The predicted octanol–water partition coefficient (Wildman–Crippen LogP) is 4.50. The van der Waals surface area contributed by atoms with Gasteiger partial charge >= 0.3 is 0 Å². The molecule has 0 saturated heterocycles. The molecule has 1 atom stereocenters. The molecule has 5 nitrogen and oxygen atoms in total. The van der Waals surface area contributed by atoms with Crippen LogP contribution in [0.5, 0.6) is 0 Å². The number of carbonyl (C=O) groups excluding carboxylic acids is 1. The number of benzene rings is 2. The quantitative estimate of drug-likeness (QED) is 0.506. The Bertz CT molecular complexity index is 1080. The molecule has 1 aromatic heterocycles. The Morgan fingerprint density at radius 1 is 1.26 bits per heavy atom. The first kappa shape index (κ1) is 18.1. The Morgan fingerprint density at radius 2 is 2.04 bits per heavy atom. The zero-order valence-corrected chi connectivity index (χ0v) is 16.3. The molecule has 0 unspecified atom stereocenters. The number of para-hydroxylation sites is 1. The molecule has 1 heterocycles. The molecule has 2 aromatic carbocycles. The van der Waals surface area contributed by atoms with Crippen LogP contribution in [0.25, 0.3) is 10.9 Å². The molecule has 0 radical (unpaired) electrons. The van der Waals surface area contributed by atoms with Crippen LogP contribution in [-0.2, 0) is 4.79 Å². The van der Waals surface area contributed by atoms with Crippen molar-refractivity contribution in [3.63, 3.8) is 0 Å². The van der Waals surface area contributed by atoms with E-state index in [2.05, 4.69) is 10.3 Å². The van der Waals surface area contributed by atoms with Gasteiger partial charge in [0.15, 0.2) is 5.16 Å². The van der Waals surface area contributed by atoms with Crippen LogP contribution in [0.15, 0.2) is 58.5 Å². The minimum Gasteiger partial charge on any atom is -0.325 e. The van der Waals surface area contributed by atoms with Gasteiger partial charge in [0.1, 0.15) is 0 Å². The fourth-order valence-corrected chi connectivity index (χ4v) is 4.05. The average Bonchev–Trinajstić information content (AvgIpc) is 3.47. The third-order valence-corrected chi connectivity index (χ3v) is 5.73. The van der Waals surface area contributed by atoms with Crippen molar-refractivity contribution in [2.75, 3.05) is 5.32 Å². The van der Waals surface area contributed by atoms with E-state index in [-0.39, 0.29) is 17.5 Å². The molecule has 138 valence electrons. The molecule has 3 aromatic rings. The van der Waals surface area contributed by atoms with E-state index in [9.17, 15) is 9.59 Å². The molecular weight excluding hydrogens is 382 g/mol. The molecule has 0 bridgehead atoms. The zero-order valence-electron chi connectivity index (χ0n) is 14.7. The lowest BCUT2D eigenvalue weighted by atomic mass is 10.2. The SMILES string of the molecule is C[C@H](Sc1nc2ccccc2c(=O)n1C1CC1)C(=O)Nc1cccc(Cl)c1. The highest BCUT2D eigenvalue weighted by Crippen LogP contribution is 2.37. The Morgan fingerprint density at radius 3 is 2.78 bits per heavy atom. The summed E-state index contributed by atoms with van der Waals surface area (Å²) in [6, 6.07) is 14.5. The van der Waals surface area contributed by atoms with Crippen molar-refractivity contribution in [1.82, 2.24) is 9.55 Å². The highest BCUT2D eigenvalue weighted by atomic mass is 35.5. The third-order valence-electron chi connectivity index (χ3n) is 4.43. The number of amides is 1. The standard InChI is InChI=1S/C20H18ClN3O2S/c1-12(18(25)22-14-6-4-5-13(21)11-14)27-20-23-17-8-3-2-7-16(17)19(26)24(20)15-9-10-15/h2-8,11-12,15H,9-10H2,1H3,(H,22,25)/t12-/m0/s1. The van der Waals surface area contributed by atoms with Crippen molar-refractivity contribution in [2.45, 2.75) is 36.2 Å². The minimum atomic E-state index is -0.415. The maximum Gasteiger partial charge on any atom is 0.262 e. The van der Waals surface area contributed by atoms with Crippen molar-refractivity contribution in [3.8, 4) is 0 Å². The van der Waals surface area contributed by atoms with E-state index in [0.29, 0.717) is 26.8 Å². The Hall–Kier alpha value is -2.31. The number of carbonyl (C=O) groups is 1. The molecule has 1 aliphatic rings. The van der Waals surface area contributed by atoms with Gasteiger partial charge < -0.3 is 5.32 Å². The van der Waals surface area contributed by atoms with Crippen molar-refractivity contribution >= 4 is 45.9 Å². The van der Waals surface area contributed by atoms with Crippen LogP contribution in [0, 0.1) is 0 Å². The van der Waals surface area contributed by atoms with Gasteiger partial charge in [0, 0.05) is 16.8 Å². The second-order valence-corrected chi connectivity index (χ2v) is 8.32. The number of thioether (sulfide) groups is 1. The van der Waals surface area contributed by atoms with E-state index in [1.54, 1.807) is 34.9 Å². The molecule has 27 heavy (non-hydrogen) atoms. The molecule has 1 N–H and O–H groups in total. The van der Waals surface area contributed by atoms with E-state index in [1.165, 1.54) is 11.8 Å². The number of hydrogen-bond acceptors (Lipinski definition) is 4.